The first-order valence-corrected chi connectivity index (χ1v) is 6.64. The number of para-hydroxylation sites is 1. The van der Waals surface area contributed by atoms with Crippen LogP contribution < -0.4 is 20.3 Å². The number of hydrogen-bond acceptors (Lipinski definition) is 6. The van der Waals surface area contributed by atoms with E-state index in [1.54, 1.807) is 17.0 Å². The highest BCUT2D eigenvalue weighted by atomic mass is 16.5. The Balaban J connectivity index is 1.98. The zero-order valence-corrected chi connectivity index (χ0v) is 12.7. The Labute approximate surface area is 128 Å². The molecule has 116 valence electrons. The lowest BCUT2D eigenvalue weighted by molar-refractivity contribution is 0.251. The molecule has 8 heteroatoms. The third-order valence-corrected chi connectivity index (χ3v) is 2.67. The van der Waals surface area contributed by atoms with Gasteiger partial charge in [0, 0.05) is 19.8 Å². The fourth-order valence-electron chi connectivity index (χ4n) is 1.61. The molecule has 1 heterocycles. The molecule has 0 aliphatic rings. The van der Waals surface area contributed by atoms with Gasteiger partial charge in [-0.2, -0.15) is 15.0 Å². The molecule has 2 amide bonds. The summed E-state index contributed by atoms with van der Waals surface area (Å²) in [5, 5.41) is 5.40. The van der Waals surface area contributed by atoms with Crippen LogP contribution >= 0.6 is 0 Å². The zero-order chi connectivity index (χ0) is 15.9. The maximum absolute atomic E-state index is 11.8. The van der Waals surface area contributed by atoms with Crippen LogP contribution in [-0.2, 0) is 6.54 Å². The van der Waals surface area contributed by atoms with Gasteiger partial charge in [0.25, 0.3) is 0 Å². The highest BCUT2D eigenvalue weighted by Crippen LogP contribution is 2.09. The molecule has 0 aliphatic carbocycles. The van der Waals surface area contributed by atoms with Crippen molar-refractivity contribution in [3.8, 4) is 6.01 Å². The monoisotopic (exact) mass is 302 g/mol. The van der Waals surface area contributed by atoms with Crippen LogP contribution in [0.5, 0.6) is 6.01 Å². The van der Waals surface area contributed by atoms with Crippen molar-refractivity contribution < 1.29 is 9.53 Å². The van der Waals surface area contributed by atoms with Gasteiger partial charge < -0.3 is 20.3 Å². The van der Waals surface area contributed by atoms with Gasteiger partial charge in [-0.15, -0.1) is 0 Å². The summed E-state index contributed by atoms with van der Waals surface area (Å²) in [4.78, 5) is 26.0. The van der Waals surface area contributed by atoms with E-state index in [9.17, 15) is 4.79 Å². The molecule has 0 unspecified atom stereocenters. The predicted molar refractivity (Wildman–Crippen MR) is 83.0 cm³/mol. The summed E-state index contributed by atoms with van der Waals surface area (Å²) in [5.41, 5.74) is 0.710. The van der Waals surface area contributed by atoms with Crippen molar-refractivity contribution in [1.82, 2.24) is 20.3 Å². The van der Waals surface area contributed by atoms with E-state index in [1.807, 2.05) is 32.3 Å². The number of carbonyl (C=O) groups excluding carboxylic acids is 1. The van der Waals surface area contributed by atoms with E-state index < -0.39 is 0 Å². The van der Waals surface area contributed by atoms with Crippen LogP contribution in [0.25, 0.3) is 0 Å². The molecular weight excluding hydrogens is 284 g/mol. The molecular formula is C14H18N6O2. The van der Waals surface area contributed by atoms with Crippen LogP contribution in [0.4, 0.5) is 16.4 Å². The van der Waals surface area contributed by atoms with Gasteiger partial charge in [0.1, 0.15) is 0 Å². The third kappa shape index (κ3) is 4.30. The highest BCUT2D eigenvalue weighted by Gasteiger charge is 2.09. The Morgan fingerprint density at radius 1 is 1.18 bits per heavy atom. The van der Waals surface area contributed by atoms with E-state index >= 15 is 0 Å². The summed E-state index contributed by atoms with van der Waals surface area (Å²) >= 11 is 0. The molecule has 0 aliphatic heterocycles. The Hall–Kier alpha value is -2.90. The summed E-state index contributed by atoms with van der Waals surface area (Å²) in [6.45, 7) is 0.165. The molecule has 2 aromatic rings. The van der Waals surface area contributed by atoms with E-state index in [0.717, 1.165) is 0 Å². The zero-order valence-electron chi connectivity index (χ0n) is 12.7. The predicted octanol–water partition coefficient (Wildman–Crippen LogP) is 1.27. The van der Waals surface area contributed by atoms with Crippen LogP contribution in [0.1, 0.15) is 5.82 Å². The van der Waals surface area contributed by atoms with Gasteiger partial charge in [-0.05, 0) is 12.1 Å². The number of nitrogens with one attached hydrogen (secondary N) is 2. The van der Waals surface area contributed by atoms with Gasteiger partial charge in [0.15, 0.2) is 5.82 Å². The van der Waals surface area contributed by atoms with Gasteiger partial charge >= 0.3 is 12.0 Å². The number of methoxy groups -OCH3 is 1. The Morgan fingerprint density at radius 2 is 1.91 bits per heavy atom. The fourth-order valence-corrected chi connectivity index (χ4v) is 1.61. The molecule has 1 aromatic heterocycles. The van der Waals surface area contributed by atoms with Crippen molar-refractivity contribution in [1.29, 1.82) is 0 Å². The van der Waals surface area contributed by atoms with Crippen LogP contribution in [0.15, 0.2) is 30.3 Å². The normalized spacial score (nSPS) is 9.95. The molecule has 1 aromatic carbocycles. The minimum Gasteiger partial charge on any atom is -0.467 e. The van der Waals surface area contributed by atoms with Crippen molar-refractivity contribution in [2.45, 2.75) is 6.54 Å². The molecule has 8 nitrogen and oxygen atoms in total. The van der Waals surface area contributed by atoms with Crippen LogP contribution in [0.3, 0.4) is 0 Å². The van der Waals surface area contributed by atoms with Gasteiger partial charge in [0.05, 0.1) is 13.7 Å². The number of urea groups is 1. The quantitative estimate of drug-likeness (QED) is 0.864. The Kier molecular flexibility index (Phi) is 5.07. The number of ether oxygens (including phenoxy) is 1. The van der Waals surface area contributed by atoms with Crippen molar-refractivity contribution >= 4 is 17.7 Å². The van der Waals surface area contributed by atoms with Crippen molar-refractivity contribution in [3.05, 3.63) is 36.2 Å². The number of rotatable bonds is 5. The molecule has 0 saturated carbocycles. The van der Waals surface area contributed by atoms with Crippen molar-refractivity contribution in [2.24, 2.45) is 0 Å². The third-order valence-electron chi connectivity index (χ3n) is 2.67. The SMILES string of the molecule is COc1nc(CNC(=O)Nc2ccccc2)nc(N(C)C)n1. The first kappa shape index (κ1) is 15.5. The number of anilines is 2. The number of benzene rings is 1. The average molecular weight is 302 g/mol. The standard InChI is InChI=1S/C14H18N6O2/c1-20(2)12-17-11(18-14(19-12)22-3)9-15-13(21)16-10-7-5-4-6-8-10/h4-8H,9H2,1-3H3,(H2,15,16,21). The Morgan fingerprint density at radius 3 is 2.55 bits per heavy atom. The minimum absolute atomic E-state index is 0.165. The van der Waals surface area contributed by atoms with Crippen molar-refractivity contribution in [2.75, 3.05) is 31.4 Å². The topological polar surface area (TPSA) is 92.3 Å². The Bertz CT molecular complexity index is 632. The maximum atomic E-state index is 11.8. The highest BCUT2D eigenvalue weighted by molar-refractivity contribution is 5.89. The molecule has 22 heavy (non-hydrogen) atoms. The lowest BCUT2D eigenvalue weighted by Crippen LogP contribution is -2.29. The van der Waals surface area contributed by atoms with Crippen molar-refractivity contribution in [3.63, 3.8) is 0 Å². The van der Waals surface area contributed by atoms with E-state index in [1.165, 1.54) is 7.11 Å². The molecule has 0 fully saturated rings. The van der Waals surface area contributed by atoms with Gasteiger partial charge in [0.2, 0.25) is 5.95 Å². The second kappa shape index (κ2) is 7.21. The smallest absolute Gasteiger partial charge is 0.321 e. The summed E-state index contributed by atoms with van der Waals surface area (Å²) in [6.07, 6.45) is 0. The number of hydrogen-bond donors (Lipinski definition) is 2. The first-order valence-electron chi connectivity index (χ1n) is 6.64. The van der Waals surface area contributed by atoms with Crippen LogP contribution in [-0.4, -0.2) is 42.2 Å². The second-order valence-corrected chi connectivity index (χ2v) is 4.61. The lowest BCUT2D eigenvalue weighted by atomic mass is 10.3. The number of carbonyl (C=O) groups is 1. The average Bonchev–Trinajstić information content (AvgIpc) is 2.53. The number of nitrogens with zero attached hydrogens (tertiary/aromatic N) is 4. The number of amides is 2. The summed E-state index contributed by atoms with van der Waals surface area (Å²) < 4.78 is 5.03. The molecule has 2 rings (SSSR count). The number of aromatic nitrogens is 3. The van der Waals surface area contributed by atoms with Crippen LogP contribution in [0.2, 0.25) is 0 Å². The minimum atomic E-state index is -0.336. The molecule has 0 bridgehead atoms. The first-order chi connectivity index (χ1) is 10.6. The second-order valence-electron chi connectivity index (χ2n) is 4.61. The lowest BCUT2D eigenvalue weighted by Gasteiger charge is -2.12. The van der Waals surface area contributed by atoms with Gasteiger partial charge in [-0.1, -0.05) is 18.2 Å². The largest absolute Gasteiger partial charge is 0.467 e. The van der Waals surface area contributed by atoms with E-state index in [-0.39, 0.29) is 18.6 Å². The summed E-state index contributed by atoms with van der Waals surface area (Å²) in [6, 6.07) is 9.04. The summed E-state index contributed by atoms with van der Waals surface area (Å²) in [5.74, 6) is 0.880. The van der Waals surface area contributed by atoms with Crippen LogP contribution in [0, 0.1) is 0 Å². The summed E-state index contributed by atoms with van der Waals surface area (Å²) in [7, 11) is 5.11. The fraction of sp³-hybridized carbons (Fsp3) is 0.286. The molecule has 0 saturated heterocycles. The molecule has 0 spiro atoms. The molecule has 0 radical (unpaired) electrons. The van der Waals surface area contributed by atoms with E-state index in [4.69, 9.17) is 4.74 Å². The maximum Gasteiger partial charge on any atom is 0.321 e. The van der Waals surface area contributed by atoms with E-state index in [0.29, 0.717) is 17.5 Å². The van der Waals surface area contributed by atoms with Gasteiger partial charge in [-0.3, -0.25) is 0 Å². The van der Waals surface area contributed by atoms with E-state index in [2.05, 4.69) is 25.6 Å². The molecule has 2 N–H and O–H groups in total. The van der Waals surface area contributed by atoms with Gasteiger partial charge in [-0.25, -0.2) is 4.79 Å². The molecule has 0 atom stereocenters.